The lowest BCUT2D eigenvalue weighted by atomic mass is 10.1. The van der Waals surface area contributed by atoms with Gasteiger partial charge >= 0.3 is 5.97 Å². The molecule has 150 valence electrons. The Bertz CT molecular complexity index is 917. The Morgan fingerprint density at radius 3 is 2.45 bits per heavy atom. The van der Waals surface area contributed by atoms with Crippen molar-refractivity contribution in [1.29, 1.82) is 0 Å². The maximum Gasteiger partial charge on any atom is 0.311 e. The van der Waals surface area contributed by atoms with Gasteiger partial charge in [-0.3, -0.25) is 29.6 Å². The molecule has 0 radical (unpaired) electrons. The van der Waals surface area contributed by atoms with Crippen molar-refractivity contribution in [2.24, 2.45) is 5.92 Å². The van der Waals surface area contributed by atoms with E-state index < -0.39 is 36.2 Å². The Labute approximate surface area is 171 Å². The van der Waals surface area contributed by atoms with Crippen molar-refractivity contribution in [3.05, 3.63) is 65.2 Å². The summed E-state index contributed by atoms with van der Waals surface area (Å²) >= 11 is 5.77. The minimum absolute atomic E-state index is 0.0188. The first-order valence-electron chi connectivity index (χ1n) is 8.81. The Morgan fingerprint density at radius 1 is 1.07 bits per heavy atom. The summed E-state index contributed by atoms with van der Waals surface area (Å²) in [6, 6.07) is 14.9. The van der Waals surface area contributed by atoms with Crippen LogP contribution >= 0.6 is 11.6 Å². The summed E-state index contributed by atoms with van der Waals surface area (Å²) in [4.78, 5) is 48.3. The molecule has 0 unspecified atom stereocenters. The monoisotopic (exact) mass is 415 g/mol. The largest absolute Gasteiger partial charge is 0.455 e. The summed E-state index contributed by atoms with van der Waals surface area (Å²) in [6.45, 7) is -0.502. The highest BCUT2D eigenvalue weighted by molar-refractivity contribution is 6.30. The molecule has 3 rings (SSSR count). The topological polar surface area (TPSA) is 105 Å². The predicted molar refractivity (Wildman–Crippen MR) is 105 cm³/mol. The van der Waals surface area contributed by atoms with E-state index in [2.05, 4.69) is 10.7 Å². The summed E-state index contributed by atoms with van der Waals surface area (Å²) in [5.41, 5.74) is 3.39. The molecule has 2 aromatic carbocycles. The molecule has 1 fully saturated rings. The number of nitrogens with zero attached hydrogens (tertiary/aromatic N) is 1. The van der Waals surface area contributed by atoms with Gasteiger partial charge in [-0.05, 0) is 36.4 Å². The molecule has 0 aliphatic carbocycles. The molecular weight excluding hydrogens is 398 g/mol. The number of esters is 1. The molecule has 1 heterocycles. The van der Waals surface area contributed by atoms with Crippen LogP contribution in [0.2, 0.25) is 5.02 Å². The van der Waals surface area contributed by atoms with E-state index >= 15 is 0 Å². The Morgan fingerprint density at radius 2 is 1.76 bits per heavy atom. The standard InChI is InChI=1S/C20H18ClN3O5/c21-15-6-8-16(9-7-15)22-17(25)12-29-20(28)14-10-18(26)24(11-14)23-19(27)13-4-2-1-3-5-13/h1-9,14H,10-12H2,(H,22,25)(H,23,27)/t14-/m0/s1. The number of rotatable bonds is 6. The number of hydrogen-bond acceptors (Lipinski definition) is 5. The molecule has 9 heteroatoms. The molecule has 3 amide bonds. The SMILES string of the molecule is O=C(COC(=O)[C@H]1CC(=O)N(NC(=O)c2ccccc2)C1)Nc1ccc(Cl)cc1. The number of hydrazine groups is 1. The fourth-order valence-corrected chi connectivity index (χ4v) is 2.86. The first kappa shape index (κ1) is 20.3. The van der Waals surface area contributed by atoms with Crippen molar-refractivity contribution in [1.82, 2.24) is 10.4 Å². The minimum Gasteiger partial charge on any atom is -0.455 e. The third kappa shape index (κ3) is 5.55. The van der Waals surface area contributed by atoms with Crippen molar-refractivity contribution in [2.45, 2.75) is 6.42 Å². The van der Waals surface area contributed by atoms with Gasteiger partial charge in [0.05, 0.1) is 12.5 Å². The molecule has 1 aliphatic heterocycles. The van der Waals surface area contributed by atoms with E-state index in [1.165, 1.54) is 0 Å². The Hall–Kier alpha value is -3.39. The van der Waals surface area contributed by atoms with Crippen molar-refractivity contribution in [3.8, 4) is 0 Å². The molecule has 0 bridgehead atoms. The van der Waals surface area contributed by atoms with E-state index in [1.807, 2.05) is 0 Å². The molecule has 1 saturated heterocycles. The van der Waals surface area contributed by atoms with Crippen LogP contribution in [-0.4, -0.2) is 41.9 Å². The zero-order valence-electron chi connectivity index (χ0n) is 15.3. The normalized spacial score (nSPS) is 15.7. The molecule has 1 aliphatic rings. The highest BCUT2D eigenvalue weighted by Gasteiger charge is 2.36. The van der Waals surface area contributed by atoms with E-state index in [0.29, 0.717) is 16.3 Å². The lowest BCUT2D eigenvalue weighted by Gasteiger charge is -2.17. The predicted octanol–water partition coefficient (Wildman–Crippen LogP) is 2.02. The van der Waals surface area contributed by atoms with Crippen molar-refractivity contribution >= 4 is 41.0 Å². The van der Waals surface area contributed by atoms with Crippen LogP contribution in [0.15, 0.2) is 54.6 Å². The van der Waals surface area contributed by atoms with Gasteiger partial charge in [0.1, 0.15) is 0 Å². The van der Waals surface area contributed by atoms with E-state index in [0.717, 1.165) is 5.01 Å². The van der Waals surface area contributed by atoms with Gasteiger partial charge in [-0.1, -0.05) is 29.8 Å². The number of amides is 3. The highest BCUT2D eigenvalue weighted by Crippen LogP contribution is 2.18. The number of ether oxygens (including phenoxy) is 1. The fraction of sp³-hybridized carbons (Fsp3) is 0.200. The van der Waals surface area contributed by atoms with Gasteiger partial charge in [-0.2, -0.15) is 0 Å². The quantitative estimate of drug-likeness (QED) is 0.702. The number of carbonyl (C=O) groups is 4. The van der Waals surface area contributed by atoms with Crippen molar-refractivity contribution < 1.29 is 23.9 Å². The van der Waals surface area contributed by atoms with Crippen LogP contribution in [0, 0.1) is 5.92 Å². The van der Waals surface area contributed by atoms with E-state index in [1.54, 1.807) is 54.6 Å². The van der Waals surface area contributed by atoms with Gasteiger partial charge in [0.15, 0.2) is 6.61 Å². The van der Waals surface area contributed by atoms with Gasteiger partial charge in [-0.15, -0.1) is 0 Å². The maximum atomic E-state index is 12.2. The van der Waals surface area contributed by atoms with Gasteiger partial charge in [0, 0.05) is 22.7 Å². The summed E-state index contributed by atoms with van der Waals surface area (Å²) in [7, 11) is 0. The first-order valence-corrected chi connectivity index (χ1v) is 9.18. The number of halogens is 1. The second-order valence-electron chi connectivity index (χ2n) is 6.38. The molecular formula is C20H18ClN3O5. The zero-order valence-corrected chi connectivity index (χ0v) is 16.0. The molecule has 1 atom stereocenters. The van der Waals surface area contributed by atoms with Crippen LogP contribution in [0.1, 0.15) is 16.8 Å². The molecule has 0 aromatic heterocycles. The van der Waals surface area contributed by atoms with Gasteiger partial charge in [-0.25, -0.2) is 0 Å². The van der Waals surface area contributed by atoms with Crippen molar-refractivity contribution in [3.63, 3.8) is 0 Å². The third-order valence-electron chi connectivity index (χ3n) is 4.20. The number of nitrogens with one attached hydrogen (secondary N) is 2. The minimum atomic E-state index is -0.762. The summed E-state index contributed by atoms with van der Waals surface area (Å²) in [5, 5.41) is 4.19. The number of hydrogen-bond donors (Lipinski definition) is 2. The average molecular weight is 416 g/mol. The average Bonchev–Trinajstić information content (AvgIpc) is 3.09. The van der Waals surface area contributed by atoms with E-state index in [-0.39, 0.29) is 13.0 Å². The molecule has 8 nitrogen and oxygen atoms in total. The highest BCUT2D eigenvalue weighted by atomic mass is 35.5. The van der Waals surface area contributed by atoms with Crippen LogP contribution in [0.3, 0.4) is 0 Å². The Kier molecular flexibility index (Phi) is 6.46. The molecule has 29 heavy (non-hydrogen) atoms. The van der Waals surface area contributed by atoms with E-state index in [4.69, 9.17) is 16.3 Å². The molecule has 2 aromatic rings. The zero-order chi connectivity index (χ0) is 20.8. The number of benzene rings is 2. The second-order valence-corrected chi connectivity index (χ2v) is 6.81. The second kappa shape index (κ2) is 9.20. The lowest BCUT2D eigenvalue weighted by Crippen LogP contribution is -2.43. The van der Waals surface area contributed by atoms with E-state index in [9.17, 15) is 19.2 Å². The van der Waals surface area contributed by atoms with Crippen LogP contribution in [0.4, 0.5) is 5.69 Å². The third-order valence-corrected chi connectivity index (χ3v) is 4.46. The molecule has 0 saturated carbocycles. The first-order chi connectivity index (χ1) is 13.9. The van der Waals surface area contributed by atoms with Gasteiger partial charge < -0.3 is 10.1 Å². The van der Waals surface area contributed by atoms with Crippen LogP contribution in [0.25, 0.3) is 0 Å². The van der Waals surface area contributed by atoms with Crippen LogP contribution < -0.4 is 10.7 Å². The number of carbonyl (C=O) groups excluding carboxylic acids is 4. The Balaban J connectivity index is 1.46. The number of anilines is 1. The summed E-state index contributed by atoms with van der Waals surface area (Å²) < 4.78 is 5.00. The molecule has 0 spiro atoms. The van der Waals surface area contributed by atoms with Gasteiger partial charge in [0.2, 0.25) is 5.91 Å². The lowest BCUT2D eigenvalue weighted by molar-refractivity contribution is -0.151. The fourth-order valence-electron chi connectivity index (χ4n) is 2.74. The molecule has 2 N–H and O–H groups in total. The van der Waals surface area contributed by atoms with Gasteiger partial charge in [0.25, 0.3) is 11.8 Å². The summed E-state index contributed by atoms with van der Waals surface area (Å²) in [6.07, 6.45) is -0.104. The van der Waals surface area contributed by atoms with Crippen LogP contribution in [-0.2, 0) is 19.1 Å². The maximum absolute atomic E-state index is 12.2. The van der Waals surface area contributed by atoms with Crippen LogP contribution in [0.5, 0.6) is 0 Å². The van der Waals surface area contributed by atoms with Crippen molar-refractivity contribution in [2.75, 3.05) is 18.5 Å². The summed E-state index contributed by atoms with van der Waals surface area (Å²) in [5.74, 6) is -2.81. The smallest absolute Gasteiger partial charge is 0.311 e.